The Balaban J connectivity index is 1.78. The highest BCUT2D eigenvalue weighted by Crippen LogP contribution is 2.44. The molecule has 0 bridgehead atoms. The zero-order valence-electron chi connectivity index (χ0n) is 15.4. The second-order valence-corrected chi connectivity index (χ2v) is 7.73. The van der Waals surface area contributed by atoms with Crippen molar-refractivity contribution in [3.63, 3.8) is 0 Å². The number of rotatable bonds is 6. The highest BCUT2D eigenvalue weighted by atomic mass is 16.5. The van der Waals surface area contributed by atoms with Crippen molar-refractivity contribution in [2.24, 2.45) is 5.92 Å². The maximum atomic E-state index is 11.3. The van der Waals surface area contributed by atoms with E-state index in [1.165, 1.54) is 17.5 Å². The Labute approximate surface area is 151 Å². The average Bonchev–Trinajstić information content (AvgIpc) is 2.61. The van der Waals surface area contributed by atoms with Crippen LogP contribution in [-0.4, -0.2) is 10.7 Å². The summed E-state index contributed by atoms with van der Waals surface area (Å²) in [5, 5.41) is 11.3. The first-order valence-corrected chi connectivity index (χ1v) is 9.57. The molecule has 0 spiro atoms. The van der Waals surface area contributed by atoms with Crippen molar-refractivity contribution in [3.05, 3.63) is 65.7 Å². The Morgan fingerprint density at radius 3 is 2.36 bits per heavy atom. The molecule has 0 saturated heterocycles. The molecule has 1 saturated carbocycles. The molecule has 1 fully saturated rings. The second kappa shape index (κ2) is 8.05. The van der Waals surface area contributed by atoms with Gasteiger partial charge in [-0.15, -0.1) is 0 Å². The summed E-state index contributed by atoms with van der Waals surface area (Å²) >= 11 is 0. The lowest BCUT2D eigenvalue weighted by molar-refractivity contribution is -0.0345. The van der Waals surface area contributed by atoms with E-state index in [9.17, 15) is 5.11 Å². The van der Waals surface area contributed by atoms with Gasteiger partial charge < -0.3 is 9.84 Å². The van der Waals surface area contributed by atoms with Gasteiger partial charge in [0.2, 0.25) is 0 Å². The summed E-state index contributed by atoms with van der Waals surface area (Å²) in [6, 6.07) is 18.6. The fraction of sp³-hybridized carbons (Fsp3) is 0.478. The Kier molecular flexibility index (Phi) is 5.80. The van der Waals surface area contributed by atoms with Gasteiger partial charge in [-0.1, -0.05) is 75.6 Å². The van der Waals surface area contributed by atoms with E-state index in [2.05, 4.69) is 44.2 Å². The van der Waals surface area contributed by atoms with E-state index in [1.807, 2.05) is 24.3 Å². The molecule has 3 rings (SSSR count). The third-order valence-electron chi connectivity index (χ3n) is 5.43. The smallest absolute Gasteiger partial charge is 0.120 e. The molecule has 0 radical (unpaired) electrons. The van der Waals surface area contributed by atoms with Crippen LogP contribution in [0, 0.1) is 5.92 Å². The summed E-state index contributed by atoms with van der Waals surface area (Å²) in [6.45, 7) is 5.00. The summed E-state index contributed by atoms with van der Waals surface area (Å²) in [5.74, 6) is 1.44. The fourth-order valence-corrected chi connectivity index (χ4v) is 4.33. The van der Waals surface area contributed by atoms with Gasteiger partial charge in [0, 0.05) is 5.92 Å². The quantitative estimate of drug-likeness (QED) is 0.732. The Hall–Kier alpha value is -1.80. The highest BCUT2D eigenvalue weighted by Gasteiger charge is 2.40. The predicted molar refractivity (Wildman–Crippen MR) is 103 cm³/mol. The minimum absolute atomic E-state index is 0.160. The summed E-state index contributed by atoms with van der Waals surface area (Å²) in [4.78, 5) is 0. The molecule has 134 valence electrons. The number of hydrogen-bond acceptors (Lipinski definition) is 2. The molecule has 1 N–H and O–H groups in total. The first kappa shape index (κ1) is 18.0. The van der Waals surface area contributed by atoms with Gasteiger partial charge in [-0.3, -0.25) is 0 Å². The molecule has 0 aromatic heterocycles. The summed E-state index contributed by atoms with van der Waals surface area (Å²) in [5.41, 5.74) is 1.79. The van der Waals surface area contributed by atoms with Gasteiger partial charge in [-0.05, 0) is 42.0 Å². The molecule has 1 aliphatic rings. The van der Waals surface area contributed by atoms with Crippen molar-refractivity contribution in [1.29, 1.82) is 0 Å². The molecular formula is C23H30O2. The molecule has 2 heteroatoms. The monoisotopic (exact) mass is 338 g/mol. The van der Waals surface area contributed by atoms with Crippen LogP contribution in [0.3, 0.4) is 0 Å². The van der Waals surface area contributed by atoms with Crippen LogP contribution >= 0.6 is 0 Å². The van der Waals surface area contributed by atoms with Gasteiger partial charge in [0.1, 0.15) is 12.4 Å². The zero-order valence-corrected chi connectivity index (χ0v) is 15.4. The fourth-order valence-electron chi connectivity index (χ4n) is 4.33. The number of aliphatic hydroxyl groups is 1. The summed E-state index contributed by atoms with van der Waals surface area (Å²) < 4.78 is 6.00. The summed E-state index contributed by atoms with van der Waals surface area (Å²) in [7, 11) is 0. The molecule has 25 heavy (non-hydrogen) atoms. The van der Waals surface area contributed by atoms with E-state index in [-0.39, 0.29) is 5.92 Å². The largest absolute Gasteiger partial charge is 0.489 e. The van der Waals surface area contributed by atoms with Crippen LogP contribution in [0.25, 0.3) is 0 Å². The SMILES string of the molecule is CC(C)C(c1cccc(OCc2ccccc2)c1)C1(O)CCCCC1. The highest BCUT2D eigenvalue weighted by molar-refractivity contribution is 5.33. The van der Waals surface area contributed by atoms with Crippen LogP contribution in [-0.2, 0) is 6.61 Å². The van der Waals surface area contributed by atoms with Crippen molar-refractivity contribution in [3.8, 4) is 5.75 Å². The van der Waals surface area contributed by atoms with Crippen LogP contribution in [0.4, 0.5) is 0 Å². The summed E-state index contributed by atoms with van der Waals surface area (Å²) in [6.07, 6.45) is 5.32. The van der Waals surface area contributed by atoms with Crippen LogP contribution in [0.1, 0.15) is 63.0 Å². The first-order chi connectivity index (χ1) is 12.1. The lowest BCUT2D eigenvalue weighted by atomic mass is 9.68. The predicted octanol–water partition coefficient (Wildman–Crippen LogP) is 5.70. The van der Waals surface area contributed by atoms with Crippen molar-refractivity contribution in [1.82, 2.24) is 0 Å². The van der Waals surface area contributed by atoms with E-state index < -0.39 is 5.60 Å². The molecular weight excluding hydrogens is 308 g/mol. The average molecular weight is 338 g/mol. The number of benzene rings is 2. The molecule has 2 nitrogen and oxygen atoms in total. The molecule has 1 unspecified atom stereocenters. The minimum atomic E-state index is -0.579. The van der Waals surface area contributed by atoms with Gasteiger partial charge in [0.15, 0.2) is 0 Å². The lowest BCUT2D eigenvalue weighted by Gasteiger charge is -2.42. The van der Waals surface area contributed by atoms with Gasteiger partial charge in [0.25, 0.3) is 0 Å². The van der Waals surface area contributed by atoms with Gasteiger partial charge >= 0.3 is 0 Å². The van der Waals surface area contributed by atoms with Crippen molar-refractivity contribution < 1.29 is 9.84 Å². The van der Waals surface area contributed by atoms with Crippen molar-refractivity contribution in [2.45, 2.75) is 64.1 Å². The van der Waals surface area contributed by atoms with E-state index >= 15 is 0 Å². The van der Waals surface area contributed by atoms with E-state index in [0.717, 1.165) is 31.4 Å². The number of hydrogen-bond donors (Lipinski definition) is 1. The second-order valence-electron chi connectivity index (χ2n) is 7.73. The van der Waals surface area contributed by atoms with Crippen LogP contribution in [0.5, 0.6) is 5.75 Å². The molecule has 0 amide bonds. The van der Waals surface area contributed by atoms with E-state index in [0.29, 0.717) is 12.5 Å². The number of ether oxygens (including phenoxy) is 1. The third kappa shape index (κ3) is 4.43. The molecule has 2 aromatic rings. The molecule has 0 aliphatic heterocycles. The molecule has 2 aromatic carbocycles. The van der Waals surface area contributed by atoms with Gasteiger partial charge in [0.05, 0.1) is 5.60 Å². The van der Waals surface area contributed by atoms with Crippen molar-refractivity contribution in [2.75, 3.05) is 0 Å². The van der Waals surface area contributed by atoms with Gasteiger partial charge in [-0.25, -0.2) is 0 Å². The van der Waals surface area contributed by atoms with Crippen LogP contribution in [0.2, 0.25) is 0 Å². The Morgan fingerprint density at radius 1 is 0.960 bits per heavy atom. The Morgan fingerprint density at radius 2 is 1.68 bits per heavy atom. The standard InChI is InChI=1S/C23H30O2/c1-18(2)22(23(24)14-7-4-8-15-23)20-12-9-13-21(16-20)25-17-19-10-5-3-6-11-19/h3,5-6,9-13,16,18,22,24H,4,7-8,14-15,17H2,1-2H3. The molecule has 1 aliphatic carbocycles. The lowest BCUT2D eigenvalue weighted by Crippen LogP contribution is -2.40. The van der Waals surface area contributed by atoms with Crippen molar-refractivity contribution >= 4 is 0 Å². The Bertz CT molecular complexity index is 657. The van der Waals surface area contributed by atoms with E-state index in [4.69, 9.17) is 4.74 Å². The van der Waals surface area contributed by atoms with Crippen LogP contribution < -0.4 is 4.74 Å². The first-order valence-electron chi connectivity index (χ1n) is 9.57. The zero-order chi connectivity index (χ0) is 17.7. The van der Waals surface area contributed by atoms with E-state index in [1.54, 1.807) is 0 Å². The maximum absolute atomic E-state index is 11.3. The maximum Gasteiger partial charge on any atom is 0.120 e. The molecule has 0 heterocycles. The topological polar surface area (TPSA) is 29.5 Å². The van der Waals surface area contributed by atoms with Crippen LogP contribution in [0.15, 0.2) is 54.6 Å². The third-order valence-corrected chi connectivity index (χ3v) is 5.43. The van der Waals surface area contributed by atoms with Gasteiger partial charge in [-0.2, -0.15) is 0 Å². The molecule has 1 atom stereocenters. The minimum Gasteiger partial charge on any atom is -0.489 e. The normalized spacial score (nSPS) is 18.1.